The van der Waals surface area contributed by atoms with E-state index in [9.17, 15) is 0 Å². The molecule has 2 unspecified atom stereocenters. The van der Waals surface area contributed by atoms with Crippen molar-refractivity contribution in [1.29, 1.82) is 0 Å². The zero-order chi connectivity index (χ0) is 7.98. The van der Waals surface area contributed by atoms with Gasteiger partial charge in [0.2, 0.25) is 0 Å². The van der Waals surface area contributed by atoms with Gasteiger partial charge in [-0.1, -0.05) is 12.2 Å². The molecule has 0 spiro atoms. The van der Waals surface area contributed by atoms with Gasteiger partial charge in [-0.15, -0.1) is 13.2 Å². The van der Waals surface area contributed by atoms with Crippen LogP contribution in [0.1, 0.15) is 13.3 Å². The van der Waals surface area contributed by atoms with Gasteiger partial charge in [-0.3, -0.25) is 0 Å². The normalized spacial score (nSPS) is 15.8. The van der Waals surface area contributed by atoms with E-state index in [2.05, 4.69) is 13.2 Å². The van der Waals surface area contributed by atoms with Crippen LogP contribution in [0.4, 0.5) is 0 Å². The molecular weight excluding hydrogens is 128 g/mol. The summed E-state index contributed by atoms with van der Waals surface area (Å²) in [5, 5.41) is 9.01. The molecule has 1 N–H and O–H groups in total. The molecule has 0 rings (SSSR count). The topological polar surface area (TPSA) is 29.5 Å². The van der Waals surface area contributed by atoms with E-state index < -0.39 is 6.29 Å². The Morgan fingerprint density at radius 1 is 1.60 bits per heavy atom. The first-order valence-electron chi connectivity index (χ1n) is 3.27. The smallest absolute Gasteiger partial charge is 0.158 e. The van der Waals surface area contributed by atoms with Crippen LogP contribution in [0.3, 0.4) is 0 Å². The minimum Gasteiger partial charge on any atom is -0.368 e. The minimum atomic E-state index is -0.745. The first-order valence-corrected chi connectivity index (χ1v) is 3.27. The summed E-state index contributed by atoms with van der Waals surface area (Å²) in [6.45, 7) is 8.80. The Labute approximate surface area is 61.8 Å². The fourth-order valence-electron chi connectivity index (χ4n) is 0.501. The average Bonchev–Trinajstić information content (AvgIpc) is 1.88. The Morgan fingerprint density at radius 2 is 2.20 bits per heavy atom. The highest BCUT2D eigenvalue weighted by Gasteiger charge is 2.03. The van der Waals surface area contributed by atoms with Gasteiger partial charge in [-0.2, -0.15) is 0 Å². The number of ether oxygens (including phenoxy) is 1. The second kappa shape index (κ2) is 5.21. The van der Waals surface area contributed by atoms with Gasteiger partial charge in [0.15, 0.2) is 6.29 Å². The monoisotopic (exact) mass is 142 g/mol. The van der Waals surface area contributed by atoms with E-state index in [4.69, 9.17) is 9.84 Å². The predicted octanol–water partition coefficient (Wildman–Crippen LogP) is 1.47. The van der Waals surface area contributed by atoms with Gasteiger partial charge in [0.05, 0.1) is 6.10 Å². The summed E-state index contributed by atoms with van der Waals surface area (Å²) in [4.78, 5) is 0. The van der Waals surface area contributed by atoms with Crippen LogP contribution in [0.5, 0.6) is 0 Å². The van der Waals surface area contributed by atoms with Crippen LogP contribution in [0, 0.1) is 0 Å². The summed E-state index contributed by atoms with van der Waals surface area (Å²) in [6.07, 6.45) is 2.85. The van der Waals surface area contributed by atoms with Gasteiger partial charge >= 0.3 is 0 Å². The van der Waals surface area contributed by atoms with Gasteiger partial charge in [-0.25, -0.2) is 0 Å². The maximum Gasteiger partial charge on any atom is 0.158 e. The van der Waals surface area contributed by atoms with E-state index in [-0.39, 0.29) is 6.10 Å². The van der Waals surface area contributed by atoms with Crippen molar-refractivity contribution < 1.29 is 9.84 Å². The fraction of sp³-hybridized carbons (Fsp3) is 0.500. The number of aliphatic hydroxyl groups is 1. The quantitative estimate of drug-likeness (QED) is 0.465. The summed E-state index contributed by atoms with van der Waals surface area (Å²) < 4.78 is 5.01. The number of hydrogen-bond acceptors (Lipinski definition) is 2. The number of aliphatic hydroxyl groups excluding tert-OH is 1. The van der Waals surface area contributed by atoms with Gasteiger partial charge in [0, 0.05) is 6.42 Å². The van der Waals surface area contributed by atoms with Gasteiger partial charge in [-0.05, 0) is 6.92 Å². The molecule has 0 fully saturated rings. The van der Waals surface area contributed by atoms with E-state index >= 15 is 0 Å². The molecule has 0 aliphatic carbocycles. The van der Waals surface area contributed by atoms with Crippen LogP contribution in [-0.4, -0.2) is 17.5 Å². The van der Waals surface area contributed by atoms with Crippen molar-refractivity contribution in [2.24, 2.45) is 0 Å². The summed E-state index contributed by atoms with van der Waals surface area (Å²) in [7, 11) is 0. The zero-order valence-electron chi connectivity index (χ0n) is 6.29. The average molecular weight is 142 g/mol. The molecule has 0 amide bonds. The van der Waals surface area contributed by atoms with E-state index in [1.807, 2.05) is 6.92 Å². The predicted molar refractivity (Wildman–Crippen MR) is 41.6 cm³/mol. The minimum absolute atomic E-state index is 0.102. The largest absolute Gasteiger partial charge is 0.368 e. The molecule has 0 aromatic rings. The molecule has 0 aromatic carbocycles. The lowest BCUT2D eigenvalue weighted by molar-refractivity contribution is -0.113. The van der Waals surface area contributed by atoms with E-state index in [0.29, 0.717) is 6.42 Å². The van der Waals surface area contributed by atoms with Crippen LogP contribution < -0.4 is 0 Å². The van der Waals surface area contributed by atoms with Crippen molar-refractivity contribution in [1.82, 2.24) is 0 Å². The lowest BCUT2D eigenvalue weighted by Crippen LogP contribution is -2.16. The molecule has 0 aromatic heterocycles. The Morgan fingerprint density at radius 3 is 2.60 bits per heavy atom. The van der Waals surface area contributed by atoms with Crippen LogP contribution in [-0.2, 0) is 4.74 Å². The molecule has 0 radical (unpaired) electrons. The van der Waals surface area contributed by atoms with Crippen molar-refractivity contribution in [3.05, 3.63) is 25.3 Å². The third-order valence-electron chi connectivity index (χ3n) is 1.07. The SMILES string of the molecule is C=CCC(O)OC(C)C=C. The highest BCUT2D eigenvalue weighted by Crippen LogP contribution is 2.00. The zero-order valence-corrected chi connectivity index (χ0v) is 6.29. The Bertz CT molecular complexity index is 110. The molecule has 0 saturated carbocycles. The lowest BCUT2D eigenvalue weighted by Gasteiger charge is -2.12. The Kier molecular flexibility index (Phi) is 4.89. The molecule has 0 aliphatic heterocycles. The number of hydrogen-bond donors (Lipinski definition) is 1. The molecule has 0 heterocycles. The summed E-state index contributed by atoms with van der Waals surface area (Å²) in [5.41, 5.74) is 0. The summed E-state index contributed by atoms with van der Waals surface area (Å²) in [6, 6.07) is 0. The molecule has 2 nitrogen and oxygen atoms in total. The molecule has 10 heavy (non-hydrogen) atoms. The third kappa shape index (κ3) is 4.30. The summed E-state index contributed by atoms with van der Waals surface area (Å²) >= 11 is 0. The molecule has 0 bridgehead atoms. The Balaban J connectivity index is 3.45. The molecule has 2 atom stereocenters. The van der Waals surface area contributed by atoms with E-state index in [0.717, 1.165) is 0 Å². The first kappa shape index (κ1) is 9.40. The van der Waals surface area contributed by atoms with Gasteiger partial charge in [0.25, 0.3) is 0 Å². The Hall–Kier alpha value is -0.600. The number of rotatable bonds is 5. The highest BCUT2D eigenvalue weighted by molar-refractivity contribution is 4.76. The highest BCUT2D eigenvalue weighted by atomic mass is 16.6. The van der Waals surface area contributed by atoms with E-state index in [1.54, 1.807) is 12.2 Å². The molecule has 2 heteroatoms. The maximum atomic E-state index is 9.01. The molecule has 0 saturated heterocycles. The van der Waals surface area contributed by atoms with Gasteiger partial charge in [0.1, 0.15) is 0 Å². The molecule has 0 aliphatic rings. The second-order valence-corrected chi connectivity index (χ2v) is 2.06. The van der Waals surface area contributed by atoms with Crippen molar-refractivity contribution in [3.63, 3.8) is 0 Å². The van der Waals surface area contributed by atoms with Crippen LogP contribution in [0.2, 0.25) is 0 Å². The second-order valence-electron chi connectivity index (χ2n) is 2.06. The van der Waals surface area contributed by atoms with Gasteiger partial charge < -0.3 is 9.84 Å². The standard InChI is InChI=1S/C8H14O2/c1-4-6-8(9)10-7(3)5-2/h4-5,7-9H,1-2,6H2,3H3. The summed E-state index contributed by atoms with van der Waals surface area (Å²) in [5.74, 6) is 0. The van der Waals surface area contributed by atoms with Crippen molar-refractivity contribution in [2.45, 2.75) is 25.7 Å². The van der Waals surface area contributed by atoms with Crippen molar-refractivity contribution in [2.75, 3.05) is 0 Å². The van der Waals surface area contributed by atoms with Crippen molar-refractivity contribution >= 4 is 0 Å². The van der Waals surface area contributed by atoms with E-state index in [1.165, 1.54) is 0 Å². The van der Waals surface area contributed by atoms with Crippen LogP contribution in [0.25, 0.3) is 0 Å². The third-order valence-corrected chi connectivity index (χ3v) is 1.07. The fourth-order valence-corrected chi connectivity index (χ4v) is 0.501. The lowest BCUT2D eigenvalue weighted by atomic mass is 10.4. The maximum absolute atomic E-state index is 9.01. The molecule has 58 valence electrons. The van der Waals surface area contributed by atoms with Crippen LogP contribution in [0.15, 0.2) is 25.3 Å². The first-order chi connectivity index (χ1) is 4.70. The van der Waals surface area contributed by atoms with Crippen LogP contribution >= 0.6 is 0 Å². The van der Waals surface area contributed by atoms with Crippen molar-refractivity contribution in [3.8, 4) is 0 Å². The molecular formula is C8H14O2.